The van der Waals surface area contributed by atoms with E-state index in [1.54, 1.807) is 0 Å². The highest BCUT2D eigenvalue weighted by Gasteiger charge is 2.40. The maximum absolute atomic E-state index is 12.2. The number of morpholine rings is 1. The summed E-state index contributed by atoms with van der Waals surface area (Å²) in [6.07, 6.45) is 3.45. The fourth-order valence-corrected chi connectivity index (χ4v) is 3.50. The van der Waals surface area contributed by atoms with Gasteiger partial charge in [-0.25, -0.2) is 0 Å². The van der Waals surface area contributed by atoms with Gasteiger partial charge in [-0.2, -0.15) is 0 Å². The molecule has 0 bridgehead atoms. The molecule has 1 N–H and O–H groups in total. The summed E-state index contributed by atoms with van der Waals surface area (Å²) in [6.45, 7) is 1.34. The first kappa shape index (κ1) is 15.7. The number of benzene rings is 1. The van der Waals surface area contributed by atoms with Crippen molar-refractivity contribution in [3.63, 3.8) is 0 Å². The van der Waals surface area contributed by atoms with Crippen LogP contribution in [0.5, 0.6) is 0 Å². The van der Waals surface area contributed by atoms with Gasteiger partial charge in [0.1, 0.15) is 12.6 Å². The van der Waals surface area contributed by atoms with Crippen molar-refractivity contribution in [2.24, 2.45) is 0 Å². The normalized spacial score (nSPS) is 25.2. The molecule has 0 saturated carbocycles. The van der Waals surface area contributed by atoms with Crippen LogP contribution in [0.3, 0.4) is 0 Å². The minimum absolute atomic E-state index is 0.144. The topological polar surface area (TPSA) is 58.6 Å². The second-order valence-electron chi connectivity index (χ2n) is 5.79. The molecule has 2 atom stereocenters. The second-order valence-corrected chi connectivity index (χ2v) is 7.04. The fourth-order valence-electron chi connectivity index (χ4n) is 3.14. The van der Waals surface area contributed by atoms with Crippen molar-refractivity contribution in [3.05, 3.63) is 27.8 Å². The van der Waals surface area contributed by atoms with E-state index in [9.17, 15) is 9.59 Å². The Bertz CT molecular complexity index is 561. The number of ether oxygens (including phenoxy) is 1. The predicted octanol–water partition coefficient (Wildman–Crippen LogP) is 2.40. The van der Waals surface area contributed by atoms with E-state index < -0.39 is 6.04 Å². The van der Waals surface area contributed by atoms with Crippen LogP contribution in [0.2, 0.25) is 0 Å². The number of anilines is 1. The molecule has 6 heteroatoms. The molecule has 2 fully saturated rings. The van der Waals surface area contributed by atoms with Crippen LogP contribution in [0.25, 0.3) is 0 Å². The molecule has 0 unspecified atom stereocenters. The molecule has 22 heavy (non-hydrogen) atoms. The lowest BCUT2D eigenvalue weighted by atomic mass is 9.97. The molecule has 2 heterocycles. The van der Waals surface area contributed by atoms with Gasteiger partial charge in [0.2, 0.25) is 5.91 Å². The largest absolute Gasteiger partial charge is 0.463 e. The second kappa shape index (κ2) is 6.95. The fraction of sp³-hybridized carbons (Fsp3) is 0.500. The number of nitrogens with zero attached hydrogens (tertiary/aromatic N) is 1. The van der Waals surface area contributed by atoms with Crippen molar-refractivity contribution in [2.45, 2.75) is 37.8 Å². The Kier molecular flexibility index (Phi) is 4.97. The number of carbonyl (C=O) groups excluding carboxylic acids is 2. The first-order valence-corrected chi connectivity index (χ1v) is 8.69. The zero-order valence-corrected chi connectivity index (χ0v) is 14.4. The third-order valence-corrected chi connectivity index (χ3v) is 4.99. The van der Waals surface area contributed by atoms with E-state index in [2.05, 4.69) is 32.8 Å². The molecule has 1 aromatic rings. The maximum Gasteiger partial charge on any atom is 0.323 e. The third kappa shape index (κ3) is 3.60. The molecule has 3 rings (SSSR count). The number of nitrogens with one attached hydrogen (secondary N) is 1. The standard InChI is InChI=1S/C16H19IN2O3/c17-11-4-6-12(7-5-11)18-15(20)9-14-16(21)22-10-13-3-1-2-8-19(13)14/h4-7,13-14H,1-3,8-10H2,(H,18,20)/t13-,14-/m1/s1. The Hall–Kier alpha value is -1.15. The molecule has 118 valence electrons. The van der Waals surface area contributed by atoms with Gasteiger partial charge >= 0.3 is 5.97 Å². The molecule has 2 aliphatic rings. The monoisotopic (exact) mass is 414 g/mol. The van der Waals surface area contributed by atoms with Crippen molar-refractivity contribution in [2.75, 3.05) is 18.5 Å². The molecule has 0 aliphatic carbocycles. The molecule has 0 radical (unpaired) electrons. The minimum Gasteiger partial charge on any atom is -0.463 e. The van der Waals surface area contributed by atoms with Crippen LogP contribution in [0.15, 0.2) is 24.3 Å². The van der Waals surface area contributed by atoms with Crippen molar-refractivity contribution in [1.29, 1.82) is 0 Å². The van der Waals surface area contributed by atoms with Crippen molar-refractivity contribution in [1.82, 2.24) is 4.90 Å². The van der Waals surface area contributed by atoms with Crippen LogP contribution in [-0.2, 0) is 14.3 Å². The average molecular weight is 414 g/mol. The van der Waals surface area contributed by atoms with E-state index in [0.717, 1.165) is 28.6 Å². The Balaban J connectivity index is 1.63. The van der Waals surface area contributed by atoms with Crippen LogP contribution in [0.1, 0.15) is 25.7 Å². The Morgan fingerprint density at radius 3 is 2.86 bits per heavy atom. The zero-order chi connectivity index (χ0) is 15.5. The molecule has 0 spiro atoms. The SMILES string of the molecule is O=C(C[C@@H]1C(=O)OC[C@H]2CCCCN21)Nc1ccc(I)cc1. The summed E-state index contributed by atoms with van der Waals surface area (Å²) in [7, 11) is 0. The molecular formula is C16H19IN2O3. The smallest absolute Gasteiger partial charge is 0.323 e. The minimum atomic E-state index is -0.442. The number of hydrogen-bond donors (Lipinski definition) is 1. The first-order valence-electron chi connectivity index (χ1n) is 7.61. The Morgan fingerprint density at radius 2 is 2.09 bits per heavy atom. The number of piperidine rings is 1. The summed E-state index contributed by atoms with van der Waals surface area (Å²) >= 11 is 2.22. The summed E-state index contributed by atoms with van der Waals surface area (Å²) in [5.74, 6) is -0.412. The van der Waals surface area contributed by atoms with Gasteiger partial charge in [0, 0.05) is 15.3 Å². The number of carbonyl (C=O) groups is 2. The third-order valence-electron chi connectivity index (χ3n) is 4.27. The van der Waals surface area contributed by atoms with E-state index >= 15 is 0 Å². The molecule has 5 nitrogen and oxygen atoms in total. The van der Waals surface area contributed by atoms with Crippen molar-refractivity contribution in [3.8, 4) is 0 Å². The lowest BCUT2D eigenvalue weighted by Crippen LogP contribution is -2.57. The number of rotatable bonds is 3. The van der Waals surface area contributed by atoms with Gasteiger partial charge in [-0.1, -0.05) is 6.42 Å². The summed E-state index contributed by atoms with van der Waals surface area (Å²) < 4.78 is 6.38. The van der Waals surface area contributed by atoms with E-state index in [1.807, 2.05) is 24.3 Å². The molecular weight excluding hydrogens is 395 g/mol. The van der Waals surface area contributed by atoms with Gasteiger partial charge in [-0.15, -0.1) is 0 Å². The van der Waals surface area contributed by atoms with E-state index in [0.29, 0.717) is 6.61 Å². The quantitative estimate of drug-likeness (QED) is 0.610. The summed E-state index contributed by atoms with van der Waals surface area (Å²) in [4.78, 5) is 26.4. The van der Waals surface area contributed by atoms with Gasteiger partial charge in [0.05, 0.1) is 6.42 Å². The highest BCUT2D eigenvalue weighted by molar-refractivity contribution is 14.1. The number of amides is 1. The van der Waals surface area contributed by atoms with Gasteiger partial charge in [0.25, 0.3) is 0 Å². The van der Waals surface area contributed by atoms with E-state index in [1.165, 1.54) is 6.42 Å². The van der Waals surface area contributed by atoms with E-state index in [4.69, 9.17) is 4.74 Å². The lowest BCUT2D eigenvalue weighted by molar-refractivity contribution is -0.165. The molecule has 2 saturated heterocycles. The van der Waals surface area contributed by atoms with Crippen molar-refractivity contribution >= 4 is 40.2 Å². The van der Waals surface area contributed by atoms with E-state index in [-0.39, 0.29) is 24.3 Å². The lowest BCUT2D eigenvalue weighted by Gasteiger charge is -2.43. The van der Waals surface area contributed by atoms with Crippen LogP contribution >= 0.6 is 22.6 Å². The van der Waals surface area contributed by atoms with Gasteiger partial charge in [-0.05, 0) is 66.2 Å². The van der Waals surface area contributed by atoms with Crippen LogP contribution in [-0.4, -0.2) is 42.0 Å². The summed E-state index contributed by atoms with van der Waals surface area (Å²) in [6, 6.07) is 7.44. The van der Waals surface area contributed by atoms with Crippen LogP contribution in [0, 0.1) is 3.57 Å². The number of cyclic esters (lactones) is 1. The Labute approximate surface area is 143 Å². The average Bonchev–Trinajstić information content (AvgIpc) is 2.52. The maximum atomic E-state index is 12.2. The van der Waals surface area contributed by atoms with Gasteiger partial charge in [0.15, 0.2) is 0 Å². The summed E-state index contributed by atoms with van der Waals surface area (Å²) in [5.41, 5.74) is 0.754. The van der Waals surface area contributed by atoms with Crippen LogP contribution < -0.4 is 5.32 Å². The van der Waals surface area contributed by atoms with Crippen molar-refractivity contribution < 1.29 is 14.3 Å². The Morgan fingerprint density at radius 1 is 1.32 bits per heavy atom. The number of halogens is 1. The molecule has 2 aliphatic heterocycles. The number of fused-ring (bicyclic) bond motifs is 1. The molecule has 0 aromatic heterocycles. The number of esters is 1. The number of hydrogen-bond acceptors (Lipinski definition) is 4. The highest BCUT2D eigenvalue weighted by atomic mass is 127. The van der Waals surface area contributed by atoms with Crippen LogP contribution in [0.4, 0.5) is 5.69 Å². The molecule has 1 amide bonds. The van der Waals surface area contributed by atoms with Gasteiger partial charge < -0.3 is 10.1 Å². The zero-order valence-electron chi connectivity index (χ0n) is 12.3. The summed E-state index contributed by atoms with van der Waals surface area (Å²) in [5, 5.41) is 2.86. The van der Waals surface area contributed by atoms with Gasteiger partial charge in [-0.3, -0.25) is 14.5 Å². The first-order chi connectivity index (χ1) is 10.6. The highest BCUT2D eigenvalue weighted by Crippen LogP contribution is 2.26. The predicted molar refractivity (Wildman–Crippen MR) is 91.5 cm³/mol. The molecule has 1 aromatic carbocycles.